The van der Waals surface area contributed by atoms with Gasteiger partial charge in [0.05, 0.1) is 17.1 Å². The van der Waals surface area contributed by atoms with Gasteiger partial charge in [0, 0.05) is 36.8 Å². The van der Waals surface area contributed by atoms with Crippen molar-refractivity contribution in [2.45, 2.75) is 37.4 Å². The Bertz CT molecular complexity index is 1160. The van der Waals surface area contributed by atoms with Gasteiger partial charge in [0.2, 0.25) is 5.43 Å². The average molecular weight is 417 g/mol. The highest BCUT2D eigenvalue weighted by Gasteiger charge is 2.44. The number of rotatable bonds is 4. The quantitative estimate of drug-likeness (QED) is 0.770. The third-order valence-corrected chi connectivity index (χ3v) is 6.48. The number of fused-ring (bicyclic) bond motifs is 3. The Morgan fingerprint density at radius 1 is 1.23 bits per heavy atom. The van der Waals surface area contributed by atoms with Crippen LogP contribution in [0.5, 0.6) is 5.75 Å². The van der Waals surface area contributed by atoms with Gasteiger partial charge < -0.3 is 19.3 Å². The van der Waals surface area contributed by atoms with E-state index in [1.807, 2.05) is 7.05 Å². The molecule has 5 rings (SSSR count). The van der Waals surface area contributed by atoms with Crippen molar-refractivity contribution in [3.05, 3.63) is 40.2 Å². The molecule has 0 spiro atoms. The van der Waals surface area contributed by atoms with Crippen LogP contribution in [0.4, 0.5) is 19.3 Å². The molecule has 1 aromatic heterocycles. The normalized spacial score (nSPS) is 23.4. The van der Waals surface area contributed by atoms with Crippen LogP contribution < -0.4 is 15.1 Å². The van der Waals surface area contributed by atoms with E-state index >= 15 is 8.78 Å². The fourth-order valence-electron chi connectivity index (χ4n) is 4.92. The molecule has 2 saturated heterocycles. The Kier molecular flexibility index (Phi) is 4.15. The van der Waals surface area contributed by atoms with Crippen LogP contribution in [0, 0.1) is 11.6 Å². The number of benzene rings is 1. The van der Waals surface area contributed by atoms with Gasteiger partial charge in [-0.05, 0) is 26.3 Å². The lowest BCUT2D eigenvalue weighted by molar-refractivity contribution is 0.143. The molecule has 2 bridgehead atoms. The number of nitrogens with zero attached hydrogens (tertiary/aromatic N) is 3. The van der Waals surface area contributed by atoms with Crippen molar-refractivity contribution in [1.82, 2.24) is 9.47 Å². The second kappa shape index (κ2) is 6.53. The molecule has 1 saturated carbocycles. The molecule has 2 atom stereocenters. The zero-order chi connectivity index (χ0) is 21.3. The van der Waals surface area contributed by atoms with Gasteiger partial charge >= 0.3 is 6.16 Å². The number of halogens is 2. The summed E-state index contributed by atoms with van der Waals surface area (Å²) >= 11 is 0. The molecule has 2 aromatic rings. The molecule has 30 heavy (non-hydrogen) atoms. The molecule has 1 aromatic carbocycles. The minimum absolute atomic E-state index is 0.00479. The summed E-state index contributed by atoms with van der Waals surface area (Å²) in [6, 6.07) is 0.124. The summed E-state index contributed by atoms with van der Waals surface area (Å²) in [5.74, 6) is -2.12. The average Bonchev–Trinajstić information content (AvgIpc) is 3.37. The van der Waals surface area contributed by atoms with Gasteiger partial charge in [0.25, 0.3) is 0 Å². The Hall–Kier alpha value is -2.94. The molecule has 0 amide bonds. The first-order chi connectivity index (χ1) is 14.3. The van der Waals surface area contributed by atoms with Crippen molar-refractivity contribution in [2.24, 2.45) is 0 Å². The number of hydrogen-bond acceptors (Lipinski definition) is 5. The largest absolute Gasteiger partial charge is 0.511 e. The molecular formula is C21H21F2N3O4. The summed E-state index contributed by atoms with van der Waals surface area (Å²) in [6.45, 7) is 4.85. The number of ether oxygens (including phenoxy) is 1. The number of likely N-dealkylation sites (N-methyl/N-ethyl adjacent to an activating group) is 1. The van der Waals surface area contributed by atoms with Crippen LogP contribution >= 0.6 is 0 Å². The Labute approximate surface area is 170 Å². The molecule has 3 aliphatic rings. The molecule has 3 fully saturated rings. The summed E-state index contributed by atoms with van der Waals surface area (Å²) in [5.41, 5.74) is -1.17. The molecule has 158 valence electrons. The molecular weight excluding hydrogens is 396 g/mol. The number of aromatic nitrogens is 1. The molecule has 7 nitrogen and oxygen atoms in total. The lowest BCUT2D eigenvalue weighted by atomic mass is 10.0. The first-order valence-corrected chi connectivity index (χ1v) is 9.91. The summed E-state index contributed by atoms with van der Waals surface area (Å²) in [7, 11) is 2.00. The summed E-state index contributed by atoms with van der Waals surface area (Å²) in [5, 5.41) is 8.72. The van der Waals surface area contributed by atoms with Gasteiger partial charge in [0.1, 0.15) is 5.69 Å². The van der Waals surface area contributed by atoms with Crippen LogP contribution in [0.1, 0.15) is 30.9 Å². The van der Waals surface area contributed by atoms with E-state index in [2.05, 4.69) is 16.2 Å². The van der Waals surface area contributed by atoms with E-state index in [-0.39, 0.29) is 40.3 Å². The molecule has 1 N–H and O–H groups in total. The predicted molar refractivity (Wildman–Crippen MR) is 107 cm³/mol. The van der Waals surface area contributed by atoms with E-state index in [9.17, 15) is 9.59 Å². The smallest absolute Gasteiger partial charge is 0.449 e. The van der Waals surface area contributed by atoms with Crippen LogP contribution in [0.15, 0.2) is 17.6 Å². The maximum absolute atomic E-state index is 15.9. The highest BCUT2D eigenvalue weighted by molar-refractivity contribution is 5.93. The molecule has 9 heteroatoms. The highest BCUT2D eigenvalue weighted by Crippen LogP contribution is 2.44. The Morgan fingerprint density at radius 3 is 2.50 bits per heavy atom. The van der Waals surface area contributed by atoms with Crippen LogP contribution in [0.25, 0.3) is 17.0 Å². The third-order valence-electron chi connectivity index (χ3n) is 6.48. The van der Waals surface area contributed by atoms with E-state index in [0.29, 0.717) is 13.1 Å². The first-order valence-electron chi connectivity index (χ1n) is 9.91. The standard InChI is InChI=1S/C21H21F2N3O4/c1-3-13-15-18(26(10-4-5-10)9-14(20(15)27)30-21(28)29)17(23)19(16(13)22)25-8-11-6-12(25)7-24(11)2/h3,9-12H,1,4-8H2,2H3,(H,28,29). The second-order valence-electron chi connectivity index (χ2n) is 8.28. The van der Waals surface area contributed by atoms with E-state index in [4.69, 9.17) is 5.11 Å². The fourth-order valence-corrected chi connectivity index (χ4v) is 4.92. The summed E-state index contributed by atoms with van der Waals surface area (Å²) < 4.78 is 37.6. The maximum Gasteiger partial charge on any atom is 0.511 e. The SMILES string of the molecule is C=Cc1c(F)c(N2CC3CC2CN3C)c(F)c2c1c(=O)c(OC(=O)O)cn2C1CC1. The van der Waals surface area contributed by atoms with Gasteiger partial charge in [0.15, 0.2) is 17.4 Å². The van der Waals surface area contributed by atoms with E-state index in [0.717, 1.165) is 19.3 Å². The number of pyridine rings is 1. The minimum Gasteiger partial charge on any atom is -0.449 e. The first kappa shape index (κ1) is 19.0. The van der Waals surface area contributed by atoms with E-state index in [1.165, 1.54) is 16.8 Å². The monoisotopic (exact) mass is 417 g/mol. The van der Waals surface area contributed by atoms with Crippen LogP contribution in [0.3, 0.4) is 0 Å². The lowest BCUT2D eigenvalue weighted by Gasteiger charge is -2.34. The van der Waals surface area contributed by atoms with Crippen molar-refractivity contribution in [3.8, 4) is 5.75 Å². The topological polar surface area (TPSA) is 75.0 Å². The molecule has 2 unspecified atom stereocenters. The van der Waals surface area contributed by atoms with Crippen LogP contribution in [0.2, 0.25) is 0 Å². The van der Waals surface area contributed by atoms with Gasteiger partial charge in [-0.25, -0.2) is 13.6 Å². The highest BCUT2D eigenvalue weighted by atomic mass is 19.1. The van der Waals surface area contributed by atoms with Crippen LogP contribution in [-0.2, 0) is 0 Å². The van der Waals surface area contributed by atoms with Crippen molar-refractivity contribution in [1.29, 1.82) is 0 Å². The zero-order valence-corrected chi connectivity index (χ0v) is 16.4. The molecule has 3 heterocycles. The lowest BCUT2D eigenvalue weighted by Crippen LogP contribution is -2.45. The number of likely N-dealkylation sites (tertiary alicyclic amines) is 1. The van der Waals surface area contributed by atoms with Gasteiger partial charge in [-0.3, -0.25) is 9.69 Å². The maximum atomic E-state index is 15.9. The minimum atomic E-state index is -1.66. The molecule has 1 aliphatic carbocycles. The number of hydrogen-bond donors (Lipinski definition) is 1. The molecule has 2 aliphatic heterocycles. The van der Waals surface area contributed by atoms with Crippen molar-refractivity contribution < 1.29 is 23.4 Å². The van der Waals surface area contributed by atoms with Gasteiger partial charge in [-0.2, -0.15) is 0 Å². The summed E-state index contributed by atoms with van der Waals surface area (Å²) in [4.78, 5) is 27.9. The number of carboxylic acid groups (broad SMARTS) is 1. The summed E-state index contributed by atoms with van der Waals surface area (Å²) in [6.07, 6.45) is 3.07. The predicted octanol–water partition coefficient (Wildman–Crippen LogP) is 3.21. The van der Waals surface area contributed by atoms with Crippen molar-refractivity contribution >= 4 is 28.8 Å². The zero-order valence-electron chi connectivity index (χ0n) is 16.4. The van der Waals surface area contributed by atoms with Crippen molar-refractivity contribution in [2.75, 3.05) is 25.0 Å². The second-order valence-corrected chi connectivity index (χ2v) is 8.28. The Morgan fingerprint density at radius 2 is 1.97 bits per heavy atom. The number of anilines is 1. The Balaban J connectivity index is 1.81. The fraction of sp³-hybridized carbons (Fsp3) is 0.429. The number of piperazine rings is 1. The number of carbonyl (C=O) groups is 1. The van der Waals surface area contributed by atoms with Crippen LogP contribution in [-0.4, -0.2) is 52.9 Å². The third kappa shape index (κ3) is 2.64. The van der Waals surface area contributed by atoms with Crippen molar-refractivity contribution in [3.63, 3.8) is 0 Å². The van der Waals surface area contributed by atoms with E-state index in [1.54, 1.807) is 4.90 Å². The van der Waals surface area contributed by atoms with Gasteiger partial charge in [-0.1, -0.05) is 12.7 Å². The van der Waals surface area contributed by atoms with Gasteiger partial charge in [-0.15, -0.1) is 0 Å². The molecule has 0 radical (unpaired) electrons. The van der Waals surface area contributed by atoms with E-state index < -0.39 is 29.0 Å².